The number of thioether (sulfide) groups is 1. The van der Waals surface area contributed by atoms with Gasteiger partial charge in [0, 0.05) is 11.3 Å². The summed E-state index contributed by atoms with van der Waals surface area (Å²) < 4.78 is 0. The number of aromatic hydroxyl groups is 2. The molecule has 0 fully saturated rings. The summed E-state index contributed by atoms with van der Waals surface area (Å²) in [6.45, 7) is 2.26. The average Bonchev–Trinajstić information content (AvgIpc) is 2.51. The van der Waals surface area contributed by atoms with Crippen LogP contribution in [-0.2, 0) is 5.75 Å². The molecule has 0 amide bonds. The minimum atomic E-state index is 0.229. The van der Waals surface area contributed by atoms with Gasteiger partial charge in [-0.05, 0) is 30.4 Å². The van der Waals surface area contributed by atoms with Crippen LogP contribution in [0.4, 0.5) is 0 Å². The van der Waals surface area contributed by atoms with Crippen molar-refractivity contribution in [2.75, 3.05) is 5.75 Å². The van der Waals surface area contributed by atoms with E-state index in [0.717, 1.165) is 17.1 Å². The third-order valence-corrected chi connectivity index (χ3v) is 5.06. The molecule has 0 spiro atoms. The zero-order valence-corrected chi connectivity index (χ0v) is 14.8. The standard InChI is InChI=1S/C19H32O2S/c1-2-3-4-5-6-7-8-9-10-11-14-22-16-17-15-18(20)12-13-19(17)21/h12-13,15,20-21H,2-11,14,16H2,1H3. The molecule has 0 bridgehead atoms. The second kappa shape index (κ2) is 12.7. The van der Waals surface area contributed by atoms with Crippen LogP contribution in [0.5, 0.6) is 11.5 Å². The molecule has 0 unspecified atom stereocenters. The van der Waals surface area contributed by atoms with Gasteiger partial charge in [0.05, 0.1) is 0 Å². The Hall–Kier alpha value is -0.830. The van der Waals surface area contributed by atoms with Crippen molar-refractivity contribution >= 4 is 11.8 Å². The topological polar surface area (TPSA) is 40.5 Å². The second-order valence-corrected chi connectivity index (χ2v) is 7.15. The van der Waals surface area contributed by atoms with Gasteiger partial charge in [0.15, 0.2) is 0 Å². The molecule has 1 aromatic carbocycles. The molecule has 1 rings (SSSR count). The largest absolute Gasteiger partial charge is 0.508 e. The zero-order chi connectivity index (χ0) is 16.0. The van der Waals surface area contributed by atoms with E-state index in [-0.39, 0.29) is 11.5 Å². The molecule has 0 saturated carbocycles. The number of benzene rings is 1. The summed E-state index contributed by atoms with van der Waals surface area (Å²) in [6.07, 6.45) is 13.7. The smallest absolute Gasteiger partial charge is 0.119 e. The van der Waals surface area contributed by atoms with Crippen molar-refractivity contribution in [3.05, 3.63) is 23.8 Å². The molecule has 2 N–H and O–H groups in total. The lowest BCUT2D eigenvalue weighted by Crippen LogP contribution is -1.86. The van der Waals surface area contributed by atoms with Crippen LogP contribution in [0.2, 0.25) is 0 Å². The van der Waals surface area contributed by atoms with Crippen molar-refractivity contribution in [1.82, 2.24) is 0 Å². The molecule has 1 aromatic rings. The van der Waals surface area contributed by atoms with Crippen LogP contribution in [0, 0.1) is 0 Å². The fraction of sp³-hybridized carbons (Fsp3) is 0.684. The molecular formula is C19H32O2S. The molecule has 2 nitrogen and oxygen atoms in total. The molecule has 0 atom stereocenters. The van der Waals surface area contributed by atoms with E-state index in [4.69, 9.17) is 0 Å². The summed E-state index contributed by atoms with van der Waals surface area (Å²) in [6, 6.07) is 4.73. The molecule has 0 saturated heterocycles. The van der Waals surface area contributed by atoms with Crippen molar-refractivity contribution in [1.29, 1.82) is 0 Å². The molecule has 0 aromatic heterocycles. The highest BCUT2D eigenvalue weighted by Gasteiger charge is 2.02. The molecule has 126 valence electrons. The van der Waals surface area contributed by atoms with E-state index in [0.29, 0.717) is 0 Å². The Labute approximate surface area is 140 Å². The zero-order valence-electron chi connectivity index (χ0n) is 14.0. The van der Waals surface area contributed by atoms with Gasteiger partial charge in [0.1, 0.15) is 11.5 Å². The Balaban J connectivity index is 1.90. The number of unbranched alkanes of at least 4 members (excludes halogenated alkanes) is 9. The Morgan fingerprint density at radius 3 is 2.05 bits per heavy atom. The molecule has 0 aliphatic heterocycles. The summed E-state index contributed by atoms with van der Waals surface area (Å²) in [5.41, 5.74) is 0.831. The summed E-state index contributed by atoms with van der Waals surface area (Å²) in [5.74, 6) is 2.42. The van der Waals surface area contributed by atoms with Crippen molar-refractivity contribution in [2.24, 2.45) is 0 Å². The maximum atomic E-state index is 9.69. The van der Waals surface area contributed by atoms with Crippen LogP contribution in [-0.4, -0.2) is 16.0 Å². The van der Waals surface area contributed by atoms with E-state index in [2.05, 4.69) is 6.92 Å². The summed E-state index contributed by atoms with van der Waals surface area (Å²) in [4.78, 5) is 0. The predicted octanol–water partition coefficient (Wildman–Crippen LogP) is 6.25. The summed E-state index contributed by atoms with van der Waals surface area (Å²) >= 11 is 1.84. The summed E-state index contributed by atoms with van der Waals surface area (Å²) in [5, 5.41) is 19.1. The van der Waals surface area contributed by atoms with E-state index >= 15 is 0 Å². The molecular weight excluding hydrogens is 292 g/mol. The number of phenols is 2. The fourth-order valence-electron chi connectivity index (χ4n) is 2.56. The highest BCUT2D eigenvalue weighted by molar-refractivity contribution is 7.98. The Morgan fingerprint density at radius 2 is 1.41 bits per heavy atom. The first kappa shape index (κ1) is 19.2. The van der Waals surface area contributed by atoms with E-state index < -0.39 is 0 Å². The van der Waals surface area contributed by atoms with E-state index in [1.807, 2.05) is 11.8 Å². The lowest BCUT2D eigenvalue weighted by atomic mass is 10.1. The first-order valence-corrected chi connectivity index (χ1v) is 9.98. The van der Waals surface area contributed by atoms with Crippen LogP contribution >= 0.6 is 11.8 Å². The van der Waals surface area contributed by atoms with Gasteiger partial charge in [-0.1, -0.05) is 64.7 Å². The molecule has 0 aliphatic carbocycles. The molecule has 22 heavy (non-hydrogen) atoms. The first-order chi connectivity index (χ1) is 10.7. The lowest BCUT2D eigenvalue weighted by Gasteiger charge is -2.05. The van der Waals surface area contributed by atoms with Crippen molar-refractivity contribution < 1.29 is 10.2 Å². The lowest BCUT2D eigenvalue weighted by molar-refractivity contribution is 0.456. The fourth-order valence-corrected chi connectivity index (χ4v) is 3.56. The number of rotatable bonds is 13. The minimum absolute atomic E-state index is 0.229. The van der Waals surface area contributed by atoms with E-state index in [1.165, 1.54) is 70.3 Å². The van der Waals surface area contributed by atoms with E-state index in [1.54, 1.807) is 12.1 Å². The van der Waals surface area contributed by atoms with Gasteiger partial charge < -0.3 is 10.2 Å². The SMILES string of the molecule is CCCCCCCCCCCCSCc1cc(O)ccc1O. The van der Waals surface area contributed by atoms with Gasteiger partial charge >= 0.3 is 0 Å². The third-order valence-electron chi connectivity index (χ3n) is 3.96. The maximum absolute atomic E-state index is 9.69. The predicted molar refractivity (Wildman–Crippen MR) is 97.8 cm³/mol. The van der Waals surface area contributed by atoms with Crippen LogP contribution in [0.3, 0.4) is 0 Å². The number of hydrogen-bond acceptors (Lipinski definition) is 3. The van der Waals surface area contributed by atoms with Gasteiger partial charge in [0.25, 0.3) is 0 Å². The number of phenolic OH excluding ortho intramolecular Hbond substituents is 2. The van der Waals surface area contributed by atoms with Crippen LogP contribution in [0.25, 0.3) is 0 Å². The average molecular weight is 325 g/mol. The Kier molecular flexibility index (Phi) is 11.1. The monoisotopic (exact) mass is 324 g/mol. The quantitative estimate of drug-likeness (QED) is 0.333. The normalized spacial score (nSPS) is 11.0. The van der Waals surface area contributed by atoms with Gasteiger partial charge in [-0.25, -0.2) is 0 Å². The summed E-state index contributed by atoms with van der Waals surface area (Å²) in [7, 11) is 0. The van der Waals surface area contributed by atoms with Gasteiger partial charge in [-0.3, -0.25) is 0 Å². The van der Waals surface area contributed by atoms with Crippen molar-refractivity contribution in [2.45, 2.75) is 76.9 Å². The first-order valence-electron chi connectivity index (χ1n) is 8.82. The third kappa shape index (κ3) is 9.24. The van der Waals surface area contributed by atoms with E-state index in [9.17, 15) is 10.2 Å². The van der Waals surface area contributed by atoms with Gasteiger partial charge in [0.2, 0.25) is 0 Å². The number of hydrogen-bond donors (Lipinski definition) is 2. The van der Waals surface area contributed by atoms with Gasteiger partial charge in [-0.2, -0.15) is 11.8 Å². The Bertz CT molecular complexity index is 393. The van der Waals surface area contributed by atoms with Crippen LogP contribution in [0.1, 0.15) is 76.7 Å². The van der Waals surface area contributed by atoms with Crippen molar-refractivity contribution in [3.8, 4) is 11.5 Å². The highest BCUT2D eigenvalue weighted by Crippen LogP contribution is 2.26. The molecule has 3 heteroatoms. The molecule has 0 heterocycles. The maximum Gasteiger partial charge on any atom is 0.119 e. The minimum Gasteiger partial charge on any atom is -0.508 e. The van der Waals surface area contributed by atoms with Crippen LogP contribution < -0.4 is 0 Å². The Morgan fingerprint density at radius 1 is 0.818 bits per heavy atom. The van der Waals surface area contributed by atoms with Crippen LogP contribution in [0.15, 0.2) is 18.2 Å². The molecule has 0 aliphatic rings. The van der Waals surface area contributed by atoms with Gasteiger partial charge in [-0.15, -0.1) is 0 Å². The van der Waals surface area contributed by atoms with Crippen molar-refractivity contribution in [3.63, 3.8) is 0 Å². The highest BCUT2D eigenvalue weighted by atomic mass is 32.2. The second-order valence-electron chi connectivity index (χ2n) is 6.05. The molecule has 0 radical (unpaired) electrons.